The van der Waals surface area contributed by atoms with Gasteiger partial charge in [-0.1, -0.05) is 18.2 Å². The Bertz CT molecular complexity index is 608. The number of fused-ring (bicyclic) bond motifs is 1. The number of carbonyl (C=O) groups excluding carboxylic acids is 1. The monoisotopic (exact) mass is 280 g/mol. The highest BCUT2D eigenvalue weighted by Gasteiger charge is 2.35. The van der Waals surface area contributed by atoms with Gasteiger partial charge in [-0.3, -0.25) is 9.10 Å². The molecule has 0 bridgehead atoms. The number of amides is 1. The van der Waals surface area contributed by atoms with Crippen LogP contribution >= 0.6 is 0 Å². The lowest BCUT2D eigenvalue weighted by Gasteiger charge is -2.30. The van der Waals surface area contributed by atoms with Gasteiger partial charge >= 0.3 is 10.2 Å². The molecule has 0 unspecified atom stereocenters. The summed E-state index contributed by atoms with van der Waals surface area (Å²) in [6, 6.07) is 7.43. The van der Waals surface area contributed by atoms with Crippen LogP contribution in [0.2, 0.25) is 0 Å². The van der Waals surface area contributed by atoms with E-state index in [-0.39, 0.29) is 11.8 Å². The van der Waals surface area contributed by atoms with E-state index in [0.29, 0.717) is 12.2 Å². The van der Waals surface area contributed by atoms with Gasteiger partial charge in [0, 0.05) is 12.5 Å². The van der Waals surface area contributed by atoms with Crippen molar-refractivity contribution in [2.24, 2.45) is 5.92 Å². The maximum absolute atomic E-state index is 12.3. The van der Waals surface area contributed by atoms with E-state index in [2.05, 4.69) is 4.72 Å². The summed E-state index contributed by atoms with van der Waals surface area (Å²) >= 11 is 0. The molecule has 1 amide bonds. The Hall–Kier alpha value is -1.56. The van der Waals surface area contributed by atoms with Gasteiger partial charge in [0.25, 0.3) is 0 Å². The zero-order valence-electron chi connectivity index (χ0n) is 10.5. The van der Waals surface area contributed by atoms with Gasteiger partial charge in [-0.2, -0.15) is 8.42 Å². The van der Waals surface area contributed by atoms with Crippen LogP contribution in [0.3, 0.4) is 0 Å². The number of anilines is 1. The van der Waals surface area contributed by atoms with Crippen molar-refractivity contribution in [2.45, 2.75) is 25.7 Å². The number of benzene rings is 1. The van der Waals surface area contributed by atoms with E-state index >= 15 is 0 Å². The van der Waals surface area contributed by atoms with Crippen molar-refractivity contribution < 1.29 is 13.2 Å². The first-order valence-electron chi connectivity index (χ1n) is 6.50. The first-order chi connectivity index (χ1) is 9.08. The Morgan fingerprint density at radius 1 is 1.26 bits per heavy atom. The van der Waals surface area contributed by atoms with Gasteiger partial charge in [-0.05, 0) is 37.3 Å². The molecule has 1 N–H and O–H groups in total. The second-order valence-corrected chi connectivity index (χ2v) is 6.65. The molecule has 0 saturated heterocycles. The molecular weight excluding hydrogens is 264 g/mol. The molecule has 1 aliphatic carbocycles. The van der Waals surface area contributed by atoms with Gasteiger partial charge in [-0.25, -0.2) is 4.72 Å². The largest absolute Gasteiger partial charge is 0.326 e. The highest BCUT2D eigenvalue weighted by molar-refractivity contribution is 7.91. The van der Waals surface area contributed by atoms with Crippen LogP contribution < -0.4 is 9.03 Å². The van der Waals surface area contributed by atoms with Crippen molar-refractivity contribution in [1.29, 1.82) is 0 Å². The minimum absolute atomic E-state index is 0.116. The van der Waals surface area contributed by atoms with Crippen molar-refractivity contribution in [2.75, 3.05) is 10.8 Å². The number of hydrogen-bond acceptors (Lipinski definition) is 3. The quantitative estimate of drug-likeness (QED) is 0.905. The molecule has 0 radical (unpaired) electrons. The van der Waals surface area contributed by atoms with Crippen molar-refractivity contribution in [3.63, 3.8) is 0 Å². The number of hydrogen-bond donors (Lipinski definition) is 1. The van der Waals surface area contributed by atoms with Gasteiger partial charge in [0.05, 0.1) is 5.69 Å². The lowest BCUT2D eigenvalue weighted by atomic mass is 10.0. The molecule has 102 valence electrons. The molecule has 1 fully saturated rings. The van der Waals surface area contributed by atoms with E-state index in [1.807, 2.05) is 18.2 Å². The molecule has 6 heteroatoms. The number of rotatable bonds is 3. The van der Waals surface area contributed by atoms with E-state index in [9.17, 15) is 13.2 Å². The van der Waals surface area contributed by atoms with Gasteiger partial charge in [0.2, 0.25) is 5.91 Å². The number of aryl methyl sites for hydroxylation is 1. The highest BCUT2D eigenvalue weighted by atomic mass is 32.2. The smallest absolute Gasteiger partial charge is 0.274 e. The third-order valence-electron chi connectivity index (χ3n) is 3.54. The van der Waals surface area contributed by atoms with Gasteiger partial charge in [0.15, 0.2) is 0 Å². The third-order valence-corrected chi connectivity index (χ3v) is 4.95. The number of nitrogens with one attached hydrogen (secondary N) is 1. The maximum atomic E-state index is 12.3. The molecule has 1 saturated carbocycles. The molecule has 5 nitrogen and oxygen atoms in total. The zero-order valence-corrected chi connectivity index (χ0v) is 11.3. The average Bonchev–Trinajstić information content (AvgIpc) is 3.22. The Labute approximate surface area is 112 Å². The van der Waals surface area contributed by atoms with Crippen LogP contribution in [0.5, 0.6) is 0 Å². The molecule has 0 aromatic heterocycles. The minimum Gasteiger partial charge on any atom is -0.274 e. The number of carbonyl (C=O) groups is 1. The molecule has 3 rings (SSSR count). The Balaban J connectivity index is 1.87. The second kappa shape index (κ2) is 4.52. The number of para-hydroxylation sites is 1. The van der Waals surface area contributed by atoms with Crippen molar-refractivity contribution >= 4 is 21.8 Å². The maximum Gasteiger partial charge on any atom is 0.326 e. The summed E-state index contributed by atoms with van der Waals surface area (Å²) in [5.74, 6) is -0.488. The summed E-state index contributed by atoms with van der Waals surface area (Å²) in [5, 5.41) is 0. The summed E-state index contributed by atoms with van der Waals surface area (Å²) in [4.78, 5) is 11.7. The van der Waals surface area contributed by atoms with Crippen LogP contribution in [0.4, 0.5) is 5.69 Å². The molecule has 19 heavy (non-hydrogen) atoms. The molecule has 0 spiro atoms. The predicted molar refractivity (Wildman–Crippen MR) is 71.9 cm³/mol. The van der Waals surface area contributed by atoms with Gasteiger partial charge in [-0.15, -0.1) is 0 Å². The van der Waals surface area contributed by atoms with Gasteiger partial charge in [0.1, 0.15) is 0 Å². The SMILES string of the molecule is O=C(NS(=O)(=O)N1CCCc2ccccc21)C1CC1. The number of nitrogens with zero attached hydrogens (tertiary/aromatic N) is 1. The van der Waals surface area contributed by atoms with E-state index in [0.717, 1.165) is 31.2 Å². The third kappa shape index (κ3) is 2.45. The standard InChI is InChI=1S/C13H16N2O3S/c16-13(11-7-8-11)14-19(17,18)15-9-3-5-10-4-1-2-6-12(10)15/h1-2,4,6,11H,3,5,7-9H2,(H,14,16). The topological polar surface area (TPSA) is 66.5 Å². The van der Waals surface area contributed by atoms with E-state index in [1.54, 1.807) is 6.07 Å². The first kappa shape index (κ1) is 12.5. The summed E-state index contributed by atoms with van der Waals surface area (Å²) in [5.41, 5.74) is 1.70. The lowest BCUT2D eigenvalue weighted by Crippen LogP contribution is -2.46. The van der Waals surface area contributed by atoms with Crippen molar-refractivity contribution in [3.05, 3.63) is 29.8 Å². The molecule has 1 heterocycles. The molecular formula is C13H16N2O3S. The molecule has 0 atom stereocenters. The fourth-order valence-electron chi connectivity index (χ4n) is 2.36. The van der Waals surface area contributed by atoms with Crippen molar-refractivity contribution in [3.8, 4) is 0 Å². The molecule has 1 aromatic carbocycles. The normalized spacial score (nSPS) is 18.8. The fourth-order valence-corrected chi connectivity index (χ4v) is 3.70. The average molecular weight is 280 g/mol. The second-order valence-electron chi connectivity index (χ2n) is 5.05. The molecule has 2 aliphatic rings. The van der Waals surface area contributed by atoms with Crippen LogP contribution in [0, 0.1) is 5.92 Å². The Morgan fingerprint density at radius 2 is 2.00 bits per heavy atom. The predicted octanol–water partition coefficient (Wildman–Crippen LogP) is 1.21. The van der Waals surface area contributed by atoms with Crippen molar-refractivity contribution in [1.82, 2.24) is 4.72 Å². The Morgan fingerprint density at radius 3 is 2.74 bits per heavy atom. The Kier molecular flexibility index (Phi) is 2.97. The summed E-state index contributed by atoms with van der Waals surface area (Å²) in [7, 11) is -3.77. The van der Waals surface area contributed by atoms with Crippen LogP contribution in [0.25, 0.3) is 0 Å². The van der Waals surface area contributed by atoms with Crippen LogP contribution in [-0.4, -0.2) is 20.9 Å². The molecule has 1 aliphatic heterocycles. The van der Waals surface area contributed by atoms with E-state index in [4.69, 9.17) is 0 Å². The summed E-state index contributed by atoms with van der Waals surface area (Å²) in [6.07, 6.45) is 3.23. The highest BCUT2D eigenvalue weighted by Crippen LogP contribution is 2.31. The van der Waals surface area contributed by atoms with E-state index < -0.39 is 10.2 Å². The summed E-state index contributed by atoms with van der Waals surface area (Å²) in [6.45, 7) is 0.421. The van der Waals surface area contributed by atoms with Crippen LogP contribution in [0.15, 0.2) is 24.3 Å². The van der Waals surface area contributed by atoms with Gasteiger partial charge < -0.3 is 0 Å². The summed E-state index contributed by atoms with van der Waals surface area (Å²) < 4.78 is 28.1. The van der Waals surface area contributed by atoms with Crippen LogP contribution in [-0.2, 0) is 21.4 Å². The zero-order chi connectivity index (χ0) is 13.5. The first-order valence-corrected chi connectivity index (χ1v) is 7.94. The minimum atomic E-state index is -3.77. The molecule has 1 aromatic rings. The lowest BCUT2D eigenvalue weighted by molar-refractivity contribution is -0.120. The van der Waals surface area contributed by atoms with E-state index in [1.165, 1.54) is 4.31 Å². The van der Waals surface area contributed by atoms with Crippen LogP contribution in [0.1, 0.15) is 24.8 Å². The fraction of sp³-hybridized carbons (Fsp3) is 0.462.